The van der Waals surface area contributed by atoms with Crippen LogP contribution in [-0.4, -0.2) is 11.1 Å². The van der Waals surface area contributed by atoms with Gasteiger partial charge in [-0.1, -0.05) is 0 Å². The second kappa shape index (κ2) is 9.67. The molecule has 0 aromatic carbocycles. The van der Waals surface area contributed by atoms with Crippen molar-refractivity contribution in [3.8, 4) is 12.1 Å². The molecule has 4 nitrogen and oxygen atoms in total. The van der Waals surface area contributed by atoms with Gasteiger partial charge in [-0.05, 0) is 0 Å². The highest BCUT2D eigenvalue weighted by Gasteiger charge is 1.87. The molecular formula is C5H6N2O2. The summed E-state index contributed by atoms with van der Waals surface area (Å²) in [5.74, 6) is -1.07. The van der Waals surface area contributed by atoms with Crippen molar-refractivity contribution in [2.24, 2.45) is 0 Å². The molecule has 0 saturated heterocycles. The molecule has 0 amide bonds. The van der Waals surface area contributed by atoms with Gasteiger partial charge in [0, 0.05) is 6.92 Å². The van der Waals surface area contributed by atoms with Crippen molar-refractivity contribution in [3.05, 3.63) is 0 Å². The van der Waals surface area contributed by atoms with Gasteiger partial charge in [-0.2, -0.15) is 10.5 Å². The largest absolute Gasteiger partial charge is 0.480 e. The smallest absolute Gasteiger partial charge is 0.317 e. The fourth-order valence-corrected chi connectivity index (χ4v) is 0.0676. The molecule has 4 heteroatoms. The highest BCUT2D eigenvalue weighted by atomic mass is 16.4. The van der Waals surface area contributed by atoms with E-state index >= 15 is 0 Å². The monoisotopic (exact) mass is 126 g/mol. The van der Waals surface area contributed by atoms with Crippen LogP contribution >= 0.6 is 0 Å². The molecule has 0 atom stereocenters. The molecule has 0 aromatic rings. The van der Waals surface area contributed by atoms with E-state index in [9.17, 15) is 4.79 Å². The SMILES string of the molecule is CC#N.N#CCC(=O)O. The second-order valence-electron chi connectivity index (χ2n) is 0.952. The van der Waals surface area contributed by atoms with E-state index in [1.165, 1.54) is 13.0 Å². The topological polar surface area (TPSA) is 84.9 Å². The fourth-order valence-electron chi connectivity index (χ4n) is 0.0676. The van der Waals surface area contributed by atoms with E-state index in [0.717, 1.165) is 0 Å². The average Bonchev–Trinajstić information content (AvgIpc) is 1.67. The predicted molar refractivity (Wildman–Crippen MR) is 29.2 cm³/mol. The predicted octanol–water partition coefficient (Wildman–Crippen LogP) is 0.515. The Bertz CT molecular complexity index is 151. The normalized spacial score (nSPS) is 5.22. The van der Waals surface area contributed by atoms with Gasteiger partial charge in [0.25, 0.3) is 0 Å². The standard InChI is InChI=1S/C3H3NO2.C2H3N/c4-2-1-3(5)6;1-2-3/h1H2,(H,5,6);1H3. The molecule has 0 saturated carbocycles. The molecule has 0 unspecified atom stereocenters. The molecule has 0 aliphatic carbocycles. The maximum atomic E-state index is 9.38. The van der Waals surface area contributed by atoms with Crippen LogP contribution in [-0.2, 0) is 4.79 Å². The Morgan fingerprint density at radius 1 is 1.67 bits per heavy atom. The third kappa shape index (κ3) is 60.7. The van der Waals surface area contributed by atoms with Crippen molar-refractivity contribution in [3.63, 3.8) is 0 Å². The minimum atomic E-state index is -1.07. The van der Waals surface area contributed by atoms with Gasteiger partial charge in [0.15, 0.2) is 0 Å². The van der Waals surface area contributed by atoms with Crippen molar-refractivity contribution in [1.82, 2.24) is 0 Å². The fraction of sp³-hybridized carbons (Fsp3) is 0.400. The molecule has 0 fully saturated rings. The summed E-state index contributed by atoms with van der Waals surface area (Å²) in [7, 11) is 0. The number of nitrogens with zero attached hydrogens (tertiary/aromatic N) is 2. The molecule has 0 aliphatic heterocycles. The summed E-state index contributed by atoms with van der Waals surface area (Å²) in [6.45, 7) is 1.43. The number of carboxylic acid groups (broad SMARTS) is 1. The maximum absolute atomic E-state index is 9.38. The summed E-state index contributed by atoms with van der Waals surface area (Å²) in [5.41, 5.74) is 0. The number of hydrogen-bond acceptors (Lipinski definition) is 3. The summed E-state index contributed by atoms with van der Waals surface area (Å²) in [4.78, 5) is 9.38. The summed E-state index contributed by atoms with van der Waals surface area (Å²) in [5, 5.41) is 22.6. The third-order valence-corrected chi connectivity index (χ3v) is 0.230. The van der Waals surface area contributed by atoms with Gasteiger partial charge in [-0.25, -0.2) is 0 Å². The second-order valence-corrected chi connectivity index (χ2v) is 0.952. The third-order valence-electron chi connectivity index (χ3n) is 0.230. The maximum Gasteiger partial charge on any atom is 0.317 e. The van der Waals surface area contributed by atoms with E-state index in [0.29, 0.717) is 0 Å². The summed E-state index contributed by atoms with van der Waals surface area (Å²) in [6, 6.07) is 3.22. The first-order valence-corrected chi connectivity index (χ1v) is 2.08. The van der Waals surface area contributed by atoms with Crippen LogP contribution < -0.4 is 0 Å². The molecule has 0 spiro atoms. The van der Waals surface area contributed by atoms with Crippen LogP contribution in [0.15, 0.2) is 0 Å². The quantitative estimate of drug-likeness (QED) is 0.554. The number of aliphatic carboxylic acids is 1. The summed E-state index contributed by atoms with van der Waals surface area (Å²) in [6.07, 6.45) is -0.403. The molecule has 0 rings (SSSR count). The van der Waals surface area contributed by atoms with Crippen LogP contribution in [0.4, 0.5) is 0 Å². The lowest BCUT2D eigenvalue weighted by Gasteiger charge is -1.70. The van der Waals surface area contributed by atoms with Crippen LogP contribution in [0, 0.1) is 22.7 Å². The van der Waals surface area contributed by atoms with Gasteiger partial charge in [0.1, 0.15) is 6.42 Å². The lowest BCUT2D eigenvalue weighted by molar-refractivity contribution is -0.135. The first kappa shape index (κ1) is 10.4. The van der Waals surface area contributed by atoms with Crippen molar-refractivity contribution in [1.29, 1.82) is 10.5 Å². The first-order chi connectivity index (χ1) is 4.18. The van der Waals surface area contributed by atoms with Crippen molar-refractivity contribution in [2.75, 3.05) is 0 Å². The Hall–Kier alpha value is -1.55. The van der Waals surface area contributed by atoms with Crippen molar-refractivity contribution >= 4 is 5.97 Å². The number of carbonyl (C=O) groups is 1. The Morgan fingerprint density at radius 3 is 2.00 bits per heavy atom. The highest BCUT2D eigenvalue weighted by Crippen LogP contribution is 1.68. The van der Waals surface area contributed by atoms with Gasteiger partial charge >= 0.3 is 5.97 Å². The molecule has 0 heterocycles. The van der Waals surface area contributed by atoms with Gasteiger partial charge < -0.3 is 5.11 Å². The molecular weight excluding hydrogens is 120 g/mol. The Labute approximate surface area is 52.9 Å². The zero-order valence-electron chi connectivity index (χ0n) is 4.96. The minimum Gasteiger partial charge on any atom is -0.480 e. The van der Waals surface area contributed by atoms with Gasteiger partial charge in [0.2, 0.25) is 0 Å². The van der Waals surface area contributed by atoms with Crippen LogP contribution in [0.3, 0.4) is 0 Å². The number of rotatable bonds is 1. The Morgan fingerprint density at radius 2 is 2.00 bits per heavy atom. The van der Waals surface area contributed by atoms with Gasteiger partial charge in [-0.3, -0.25) is 4.79 Å². The lowest BCUT2D eigenvalue weighted by atomic mass is 10.5. The van der Waals surface area contributed by atoms with E-state index in [4.69, 9.17) is 15.6 Å². The molecule has 0 aromatic heterocycles. The van der Waals surface area contributed by atoms with E-state index in [2.05, 4.69) is 0 Å². The molecule has 48 valence electrons. The molecule has 0 bridgehead atoms. The van der Waals surface area contributed by atoms with Gasteiger partial charge in [-0.15, -0.1) is 0 Å². The molecule has 0 aliphatic rings. The van der Waals surface area contributed by atoms with E-state index in [1.54, 1.807) is 6.07 Å². The number of hydrogen-bond donors (Lipinski definition) is 1. The van der Waals surface area contributed by atoms with Crippen LogP contribution in [0.25, 0.3) is 0 Å². The van der Waals surface area contributed by atoms with Crippen LogP contribution in [0.5, 0.6) is 0 Å². The Balaban J connectivity index is 0. The van der Waals surface area contributed by atoms with E-state index < -0.39 is 12.4 Å². The zero-order chi connectivity index (χ0) is 7.70. The summed E-state index contributed by atoms with van der Waals surface area (Å²) < 4.78 is 0. The summed E-state index contributed by atoms with van der Waals surface area (Å²) >= 11 is 0. The van der Waals surface area contributed by atoms with E-state index in [-0.39, 0.29) is 0 Å². The molecule has 9 heavy (non-hydrogen) atoms. The average molecular weight is 126 g/mol. The number of nitriles is 2. The highest BCUT2D eigenvalue weighted by molar-refractivity contribution is 5.69. The van der Waals surface area contributed by atoms with Crippen molar-refractivity contribution < 1.29 is 9.90 Å². The number of carboxylic acids is 1. The Kier molecular flexibility index (Phi) is 11.2. The minimum absolute atomic E-state index is 0.403. The lowest BCUT2D eigenvalue weighted by Crippen LogP contribution is -1.88. The molecule has 0 radical (unpaired) electrons. The van der Waals surface area contributed by atoms with E-state index in [1.807, 2.05) is 0 Å². The zero-order valence-corrected chi connectivity index (χ0v) is 4.96. The first-order valence-electron chi connectivity index (χ1n) is 2.08. The molecule has 1 N–H and O–H groups in total. The van der Waals surface area contributed by atoms with Crippen LogP contribution in [0.2, 0.25) is 0 Å². The van der Waals surface area contributed by atoms with Crippen LogP contribution in [0.1, 0.15) is 13.3 Å². The van der Waals surface area contributed by atoms with Crippen molar-refractivity contribution in [2.45, 2.75) is 13.3 Å². The van der Waals surface area contributed by atoms with Gasteiger partial charge in [0.05, 0.1) is 12.1 Å².